The van der Waals surface area contributed by atoms with Gasteiger partial charge in [0.25, 0.3) is 9.05 Å². The lowest BCUT2D eigenvalue weighted by atomic mass is 10.1. The summed E-state index contributed by atoms with van der Waals surface area (Å²) in [7, 11) is -5.42. The van der Waals surface area contributed by atoms with E-state index in [1.54, 1.807) is 13.8 Å². The fourth-order valence-corrected chi connectivity index (χ4v) is 6.87. The third-order valence-electron chi connectivity index (χ3n) is 5.38. The number of rotatable bonds is 10. The first-order valence-corrected chi connectivity index (χ1v) is 16.6. The fourth-order valence-electron chi connectivity index (χ4n) is 3.72. The minimum atomic E-state index is -4.21. The molecule has 3 rings (SSSR count). The maximum atomic E-state index is 13.3. The van der Waals surface area contributed by atoms with Gasteiger partial charge in [-0.3, -0.25) is 4.72 Å². The molecule has 0 aromatic heterocycles. The summed E-state index contributed by atoms with van der Waals surface area (Å²) in [6.45, 7) is 3.54. The van der Waals surface area contributed by atoms with Crippen molar-refractivity contribution in [3.05, 3.63) is 42.5 Å². The van der Waals surface area contributed by atoms with Gasteiger partial charge in [-0.25, -0.2) is 25.3 Å². The number of anilines is 1. The quantitative estimate of drug-likeness (QED) is 0.254. The van der Waals surface area contributed by atoms with Gasteiger partial charge in [0.05, 0.1) is 30.4 Å². The second kappa shape index (κ2) is 11.0. The molecule has 0 radical (unpaired) electrons. The molecule has 0 spiro atoms. The number of benzene rings is 3. The first kappa shape index (κ1) is 29.6. The molecule has 3 aromatic carbocycles. The monoisotopic (exact) mass is 604 g/mol. The predicted octanol–water partition coefficient (Wildman–Crippen LogP) is 4.30. The fraction of sp³-hybridized carbons (Fsp3) is 0.273. The van der Waals surface area contributed by atoms with E-state index in [2.05, 4.69) is 15.0 Å². The van der Waals surface area contributed by atoms with Crippen LogP contribution in [0.3, 0.4) is 0 Å². The molecular weight excluding hydrogens is 580 g/mol. The molecule has 0 atom stereocenters. The topological polar surface area (TPSA) is 172 Å². The van der Waals surface area contributed by atoms with E-state index in [-0.39, 0.29) is 51.6 Å². The molecule has 0 aliphatic heterocycles. The van der Waals surface area contributed by atoms with E-state index in [1.165, 1.54) is 37.4 Å². The summed E-state index contributed by atoms with van der Waals surface area (Å²) < 4.78 is 83.0. The van der Waals surface area contributed by atoms with Crippen LogP contribution in [0.1, 0.15) is 13.8 Å². The van der Waals surface area contributed by atoms with Gasteiger partial charge >= 0.3 is 0 Å². The Balaban J connectivity index is 2.36. The third kappa shape index (κ3) is 6.18. The molecule has 3 aromatic rings. The molecular formula is C22H25ClN4O8S3. The molecule has 0 unspecified atom stereocenters. The number of methoxy groups -OCH3 is 1. The Morgan fingerprint density at radius 3 is 2.18 bits per heavy atom. The lowest BCUT2D eigenvalue weighted by Gasteiger charge is -2.20. The van der Waals surface area contributed by atoms with Gasteiger partial charge in [0.1, 0.15) is 21.3 Å². The van der Waals surface area contributed by atoms with Crippen molar-refractivity contribution in [2.45, 2.75) is 23.6 Å². The number of phenolic OH excluding ortho intramolecular Hbond substituents is 1. The van der Waals surface area contributed by atoms with Crippen LogP contribution in [-0.2, 0) is 29.1 Å². The van der Waals surface area contributed by atoms with E-state index in [9.17, 15) is 30.4 Å². The van der Waals surface area contributed by atoms with E-state index in [1.807, 2.05) is 0 Å². The van der Waals surface area contributed by atoms with Crippen LogP contribution in [0, 0.1) is 0 Å². The number of nitrogens with zero attached hydrogens (tertiary/aromatic N) is 3. The number of halogens is 1. The van der Waals surface area contributed by atoms with Crippen LogP contribution in [0.2, 0.25) is 0 Å². The van der Waals surface area contributed by atoms with Crippen LogP contribution in [-0.4, -0.2) is 61.1 Å². The largest absolute Gasteiger partial charge is 0.506 e. The highest BCUT2D eigenvalue weighted by molar-refractivity contribution is 8.13. The summed E-state index contributed by atoms with van der Waals surface area (Å²) >= 11 is 0. The summed E-state index contributed by atoms with van der Waals surface area (Å²) in [6, 6.07) is 9.13. The summed E-state index contributed by atoms with van der Waals surface area (Å²) in [5.41, 5.74) is -0.0749. The first-order valence-electron chi connectivity index (χ1n) is 10.9. The molecule has 12 nitrogen and oxygen atoms in total. The summed E-state index contributed by atoms with van der Waals surface area (Å²) in [5.74, 6) is -0.621. The number of azo groups is 1. The lowest BCUT2D eigenvalue weighted by Crippen LogP contribution is -2.30. The van der Waals surface area contributed by atoms with Crippen LogP contribution in [0.25, 0.3) is 10.8 Å². The molecule has 0 heterocycles. The number of hydrogen-bond acceptors (Lipinski definition) is 10. The Kier molecular flexibility index (Phi) is 8.58. The van der Waals surface area contributed by atoms with E-state index in [4.69, 9.17) is 15.4 Å². The third-order valence-corrected chi connectivity index (χ3v) is 9.38. The molecule has 0 fully saturated rings. The van der Waals surface area contributed by atoms with Crippen molar-refractivity contribution in [2.75, 3.05) is 31.2 Å². The standard InChI is InChI=1S/C22H25ClN4O8S3/c1-5-27(6-2)38(33,34)20-13-17(21-15(22(20)28)8-7-9-16(21)26-36(4,29)30)25-24-14-10-11-18(35-3)19(12-14)37(23,31)32/h7-13,26,28H,5-6H2,1-4H3. The number of nitrogens with one attached hydrogen (secondary N) is 1. The van der Waals surface area contributed by atoms with Crippen LogP contribution < -0.4 is 9.46 Å². The second-order valence-electron chi connectivity index (χ2n) is 7.91. The molecule has 0 amide bonds. The van der Waals surface area contributed by atoms with Gasteiger partial charge in [0, 0.05) is 34.5 Å². The summed E-state index contributed by atoms with van der Waals surface area (Å²) in [4.78, 5) is -0.823. The molecule has 0 saturated heterocycles. The zero-order valence-electron chi connectivity index (χ0n) is 20.7. The Labute approximate surface area is 225 Å². The zero-order valence-corrected chi connectivity index (χ0v) is 23.9. The smallest absolute Gasteiger partial charge is 0.265 e. The van der Waals surface area contributed by atoms with Crippen molar-refractivity contribution in [3.8, 4) is 11.5 Å². The maximum absolute atomic E-state index is 13.3. The van der Waals surface area contributed by atoms with Crippen molar-refractivity contribution in [2.24, 2.45) is 10.2 Å². The van der Waals surface area contributed by atoms with Crippen molar-refractivity contribution >= 4 is 67.6 Å². The van der Waals surface area contributed by atoms with Crippen molar-refractivity contribution in [1.29, 1.82) is 0 Å². The second-order valence-corrected chi connectivity index (χ2v) is 14.1. The highest BCUT2D eigenvalue weighted by atomic mass is 35.7. The first-order chi connectivity index (χ1) is 17.6. The number of ether oxygens (including phenoxy) is 1. The molecule has 0 aliphatic rings. The summed E-state index contributed by atoms with van der Waals surface area (Å²) in [5, 5.41) is 19.2. The zero-order chi connectivity index (χ0) is 28.5. The Morgan fingerprint density at radius 2 is 1.63 bits per heavy atom. The number of phenols is 1. The number of aromatic hydroxyl groups is 1. The maximum Gasteiger partial charge on any atom is 0.265 e. The molecule has 0 saturated carbocycles. The van der Waals surface area contributed by atoms with E-state index >= 15 is 0 Å². The van der Waals surface area contributed by atoms with Gasteiger partial charge < -0.3 is 9.84 Å². The molecule has 16 heteroatoms. The molecule has 0 aliphatic carbocycles. The number of hydrogen-bond donors (Lipinski definition) is 2. The van der Waals surface area contributed by atoms with Gasteiger partial charge in [-0.2, -0.15) is 9.42 Å². The van der Waals surface area contributed by atoms with Crippen molar-refractivity contribution in [1.82, 2.24) is 4.31 Å². The van der Waals surface area contributed by atoms with E-state index < -0.39 is 39.7 Å². The number of sulfonamides is 2. The van der Waals surface area contributed by atoms with Crippen LogP contribution in [0.4, 0.5) is 17.1 Å². The minimum Gasteiger partial charge on any atom is -0.506 e. The van der Waals surface area contributed by atoms with Crippen molar-refractivity contribution < 1.29 is 35.1 Å². The highest BCUT2D eigenvalue weighted by Gasteiger charge is 2.28. The Morgan fingerprint density at radius 1 is 0.974 bits per heavy atom. The van der Waals surface area contributed by atoms with Crippen molar-refractivity contribution in [3.63, 3.8) is 0 Å². The van der Waals surface area contributed by atoms with Crippen LogP contribution in [0.5, 0.6) is 11.5 Å². The molecule has 0 bridgehead atoms. The van der Waals surface area contributed by atoms with Gasteiger partial charge in [-0.15, -0.1) is 5.11 Å². The molecule has 38 heavy (non-hydrogen) atoms. The Bertz CT molecular complexity index is 1740. The number of fused-ring (bicyclic) bond motifs is 1. The van der Waals surface area contributed by atoms with Gasteiger partial charge in [0.2, 0.25) is 20.0 Å². The summed E-state index contributed by atoms with van der Waals surface area (Å²) in [6.07, 6.45) is 0.928. The van der Waals surface area contributed by atoms with Gasteiger partial charge in [-0.05, 0) is 30.3 Å². The van der Waals surface area contributed by atoms with Crippen LogP contribution >= 0.6 is 10.7 Å². The molecule has 206 valence electrons. The predicted molar refractivity (Wildman–Crippen MR) is 144 cm³/mol. The highest BCUT2D eigenvalue weighted by Crippen LogP contribution is 2.43. The van der Waals surface area contributed by atoms with Gasteiger partial charge in [0.15, 0.2) is 0 Å². The average Bonchev–Trinajstić information content (AvgIpc) is 2.82. The normalized spacial score (nSPS) is 12.9. The average molecular weight is 605 g/mol. The minimum absolute atomic E-state index is 0.000382. The van der Waals surface area contributed by atoms with E-state index in [0.29, 0.717) is 0 Å². The van der Waals surface area contributed by atoms with E-state index in [0.717, 1.165) is 22.7 Å². The van der Waals surface area contributed by atoms with Crippen LogP contribution in [0.15, 0.2) is 62.5 Å². The molecule has 2 N–H and O–H groups in total. The lowest BCUT2D eigenvalue weighted by molar-refractivity contribution is 0.403. The Hall–Kier alpha value is -2.98. The SMILES string of the molecule is CCN(CC)S(=O)(=O)c1cc(N=Nc2ccc(OC)c(S(=O)(=O)Cl)c2)c2c(NS(C)(=O)=O)cccc2c1O. The van der Waals surface area contributed by atoms with Gasteiger partial charge in [-0.1, -0.05) is 26.0 Å².